The van der Waals surface area contributed by atoms with Crippen LogP contribution in [0.3, 0.4) is 0 Å². The predicted molar refractivity (Wildman–Crippen MR) is 91.1 cm³/mol. The third kappa shape index (κ3) is 3.53. The normalized spacial score (nSPS) is 17.2. The minimum absolute atomic E-state index is 0.272. The molecule has 0 N–H and O–H groups in total. The Morgan fingerprint density at radius 2 is 1.88 bits per heavy atom. The number of hydrogen-bond donors (Lipinski definition) is 0. The van der Waals surface area contributed by atoms with Gasteiger partial charge in [-0.3, -0.25) is 4.68 Å². The van der Waals surface area contributed by atoms with Crippen LogP contribution in [0.15, 0.2) is 41.6 Å². The first-order valence-corrected chi connectivity index (χ1v) is 9.53. The van der Waals surface area contributed by atoms with Gasteiger partial charge in [0.1, 0.15) is 0 Å². The monoisotopic (exact) mass is 349 g/mol. The van der Waals surface area contributed by atoms with Crippen LogP contribution in [-0.2, 0) is 21.4 Å². The van der Waals surface area contributed by atoms with Crippen molar-refractivity contribution in [3.8, 4) is 0 Å². The molecule has 0 radical (unpaired) electrons. The fourth-order valence-corrected chi connectivity index (χ4v) is 4.52. The van der Waals surface area contributed by atoms with Crippen LogP contribution in [0.25, 0.3) is 0 Å². The molecule has 1 aliphatic rings. The van der Waals surface area contributed by atoms with Gasteiger partial charge in [-0.05, 0) is 43.0 Å². The van der Waals surface area contributed by atoms with Crippen molar-refractivity contribution in [1.29, 1.82) is 0 Å². The van der Waals surface area contributed by atoms with E-state index in [1.165, 1.54) is 0 Å². The molecule has 7 heteroatoms. The standard InChI is InChI=1S/C17H23N3O3S/c1-14-11-18-20(12-14)16-7-9-19(10-8-16)24(21,22)17-5-3-15(4-6-17)13-23-2/h3-6,11-12,16H,7-10,13H2,1-2H3. The molecular weight excluding hydrogens is 326 g/mol. The zero-order chi connectivity index (χ0) is 17.2. The molecular formula is C17H23N3O3S. The highest BCUT2D eigenvalue weighted by molar-refractivity contribution is 7.89. The van der Waals surface area contributed by atoms with Crippen molar-refractivity contribution in [1.82, 2.24) is 14.1 Å². The van der Waals surface area contributed by atoms with Crippen molar-refractivity contribution in [2.45, 2.75) is 37.3 Å². The van der Waals surface area contributed by atoms with E-state index < -0.39 is 10.0 Å². The maximum atomic E-state index is 12.8. The molecule has 0 atom stereocenters. The molecule has 0 amide bonds. The Morgan fingerprint density at radius 3 is 2.42 bits per heavy atom. The van der Waals surface area contributed by atoms with Gasteiger partial charge in [0.2, 0.25) is 10.0 Å². The van der Waals surface area contributed by atoms with Gasteiger partial charge >= 0.3 is 0 Å². The number of methoxy groups -OCH3 is 1. The highest BCUT2D eigenvalue weighted by atomic mass is 32.2. The van der Waals surface area contributed by atoms with Crippen LogP contribution in [0.5, 0.6) is 0 Å². The molecule has 1 saturated heterocycles. The highest BCUT2D eigenvalue weighted by Gasteiger charge is 2.30. The fraction of sp³-hybridized carbons (Fsp3) is 0.471. The van der Waals surface area contributed by atoms with Crippen LogP contribution < -0.4 is 0 Å². The second-order valence-corrected chi connectivity index (χ2v) is 8.15. The van der Waals surface area contributed by atoms with Crippen molar-refractivity contribution in [2.75, 3.05) is 20.2 Å². The summed E-state index contributed by atoms with van der Waals surface area (Å²) in [6, 6.07) is 7.19. The van der Waals surface area contributed by atoms with Gasteiger partial charge in [-0.25, -0.2) is 8.42 Å². The number of nitrogens with zero attached hydrogens (tertiary/aromatic N) is 3. The molecule has 130 valence electrons. The molecule has 1 fully saturated rings. The van der Waals surface area contributed by atoms with Crippen LogP contribution >= 0.6 is 0 Å². The van der Waals surface area contributed by atoms with Crippen molar-refractivity contribution in [3.63, 3.8) is 0 Å². The summed E-state index contributed by atoms with van der Waals surface area (Å²) in [6.45, 7) is 3.53. The van der Waals surface area contributed by atoms with E-state index in [0.717, 1.165) is 24.0 Å². The van der Waals surface area contributed by atoms with E-state index in [1.807, 2.05) is 24.0 Å². The molecule has 3 rings (SSSR count). The lowest BCUT2D eigenvalue weighted by molar-refractivity contribution is 0.185. The smallest absolute Gasteiger partial charge is 0.243 e. The van der Waals surface area contributed by atoms with Crippen molar-refractivity contribution >= 4 is 10.0 Å². The summed E-state index contributed by atoms with van der Waals surface area (Å²) in [6.07, 6.45) is 5.41. The van der Waals surface area contributed by atoms with Gasteiger partial charge in [0.15, 0.2) is 0 Å². The predicted octanol–water partition coefficient (Wildman–Crippen LogP) is 2.36. The molecule has 6 nitrogen and oxygen atoms in total. The van der Waals surface area contributed by atoms with Crippen LogP contribution in [0, 0.1) is 6.92 Å². The van der Waals surface area contributed by atoms with Gasteiger partial charge in [0, 0.05) is 26.4 Å². The Morgan fingerprint density at radius 1 is 1.21 bits per heavy atom. The van der Waals surface area contributed by atoms with Crippen molar-refractivity contribution in [2.24, 2.45) is 0 Å². The summed E-state index contributed by atoms with van der Waals surface area (Å²) in [5.74, 6) is 0. The third-order valence-corrected chi connectivity index (χ3v) is 6.31. The van der Waals surface area contributed by atoms with E-state index in [1.54, 1.807) is 35.7 Å². The lowest BCUT2D eigenvalue weighted by Crippen LogP contribution is -2.39. The van der Waals surface area contributed by atoms with Gasteiger partial charge in [-0.15, -0.1) is 0 Å². The molecule has 1 aromatic carbocycles. The van der Waals surface area contributed by atoms with E-state index in [-0.39, 0.29) is 6.04 Å². The molecule has 0 unspecified atom stereocenters. The van der Waals surface area contributed by atoms with Crippen LogP contribution in [0.2, 0.25) is 0 Å². The van der Waals surface area contributed by atoms with E-state index in [0.29, 0.717) is 24.6 Å². The second kappa shape index (κ2) is 7.04. The van der Waals surface area contributed by atoms with Gasteiger partial charge in [0.25, 0.3) is 0 Å². The molecule has 0 saturated carbocycles. The van der Waals surface area contributed by atoms with E-state index in [4.69, 9.17) is 4.74 Å². The summed E-state index contributed by atoms with van der Waals surface area (Å²) in [7, 11) is -1.81. The molecule has 24 heavy (non-hydrogen) atoms. The topological polar surface area (TPSA) is 64.4 Å². The molecule has 2 heterocycles. The SMILES string of the molecule is COCc1ccc(S(=O)(=O)N2CCC(n3cc(C)cn3)CC2)cc1. The number of rotatable bonds is 5. The molecule has 0 bridgehead atoms. The third-order valence-electron chi connectivity index (χ3n) is 4.40. The van der Waals surface area contributed by atoms with Gasteiger partial charge in [0.05, 0.1) is 23.7 Å². The van der Waals surface area contributed by atoms with Gasteiger partial charge < -0.3 is 4.74 Å². The van der Waals surface area contributed by atoms with Crippen LogP contribution in [0.1, 0.15) is 30.0 Å². The Labute approximate surface area is 143 Å². The maximum Gasteiger partial charge on any atom is 0.243 e. The zero-order valence-corrected chi connectivity index (χ0v) is 14.9. The fourth-order valence-electron chi connectivity index (χ4n) is 3.05. The molecule has 1 aliphatic heterocycles. The summed E-state index contributed by atoms with van der Waals surface area (Å²) < 4.78 is 34.1. The molecule has 0 aliphatic carbocycles. The molecule has 0 spiro atoms. The largest absolute Gasteiger partial charge is 0.380 e. The number of aromatic nitrogens is 2. The van der Waals surface area contributed by atoms with Gasteiger partial charge in [-0.1, -0.05) is 12.1 Å². The van der Waals surface area contributed by atoms with Crippen molar-refractivity contribution in [3.05, 3.63) is 47.8 Å². The first kappa shape index (κ1) is 17.1. The van der Waals surface area contributed by atoms with E-state index >= 15 is 0 Å². The summed E-state index contributed by atoms with van der Waals surface area (Å²) in [5, 5.41) is 4.35. The van der Waals surface area contributed by atoms with Crippen LogP contribution in [-0.4, -0.2) is 42.7 Å². The Hall–Kier alpha value is -1.70. The lowest BCUT2D eigenvalue weighted by atomic mass is 10.1. The van der Waals surface area contributed by atoms with Gasteiger partial charge in [-0.2, -0.15) is 9.40 Å². The van der Waals surface area contributed by atoms with Crippen molar-refractivity contribution < 1.29 is 13.2 Å². The average Bonchev–Trinajstić information content (AvgIpc) is 3.02. The number of sulfonamides is 1. The van der Waals surface area contributed by atoms with E-state index in [2.05, 4.69) is 5.10 Å². The summed E-state index contributed by atoms with van der Waals surface area (Å²) in [5.41, 5.74) is 2.09. The van der Waals surface area contributed by atoms with Crippen LogP contribution in [0.4, 0.5) is 0 Å². The number of piperidine rings is 1. The Bertz CT molecular complexity index is 776. The summed E-state index contributed by atoms with van der Waals surface area (Å²) in [4.78, 5) is 0.343. The minimum atomic E-state index is -3.43. The minimum Gasteiger partial charge on any atom is -0.380 e. The highest BCUT2D eigenvalue weighted by Crippen LogP contribution is 2.26. The van der Waals surface area contributed by atoms with E-state index in [9.17, 15) is 8.42 Å². The number of hydrogen-bond acceptors (Lipinski definition) is 4. The lowest BCUT2D eigenvalue weighted by Gasteiger charge is -2.31. The quantitative estimate of drug-likeness (QED) is 0.831. The molecule has 1 aromatic heterocycles. The molecule has 2 aromatic rings. The maximum absolute atomic E-state index is 12.8. The first-order chi connectivity index (χ1) is 11.5. The zero-order valence-electron chi connectivity index (χ0n) is 14.1. The number of ether oxygens (including phenoxy) is 1. The summed E-state index contributed by atoms with van der Waals surface area (Å²) >= 11 is 0. The number of benzene rings is 1. The average molecular weight is 349 g/mol. The number of aryl methyl sites for hydroxylation is 1. The Balaban J connectivity index is 1.68. The Kier molecular flexibility index (Phi) is 5.03. The second-order valence-electron chi connectivity index (χ2n) is 6.21. The first-order valence-electron chi connectivity index (χ1n) is 8.09.